The maximum atomic E-state index is 13.0. The molecule has 12 heteroatoms. The molecule has 1 aromatic carbocycles. The van der Waals surface area contributed by atoms with Gasteiger partial charge < -0.3 is 14.6 Å². The number of aromatic nitrogens is 5. The van der Waals surface area contributed by atoms with Crippen molar-refractivity contribution in [3.05, 3.63) is 65.6 Å². The summed E-state index contributed by atoms with van der Waals surface area (Å²) in [5.41, 5.74) is 6.35. The number of aliphatic imine (C=N–C) groups is 1. The van der Waals surface area contributed by atoms with Gasteiger partial charge in [-0.3, -0.25) is 9.29 Å². The SMILES string of the molecule is COC1=NC(c2nnc(NSCCc3ncc(F)cn3)n2-c2c(O)cccc2OC)=C=C=C1. The molecule has 10 nitrogen and oxygen atoms in total. The molecule has 3 aromatic rings. The van der Waals surface area contributed by atoms with Crippen LogP contribution in [0.25, 0.3) is 11.4 Å². The molecule has 0 fully saturated rings. The number of nitrogens with zero attached hydrogens (tertiary/aromatic N) is 6. The third-order valence-corrected chi connectivity index (χ3v) is 5.11. The predicted molar refractivity (Wildman–Crippen MR) is 121 cm³/mol. The Kier molecular flexibility index (Phi) is 6.70. The number of methoxy groups -OCH3 is 2. The maximum Gasteiger partial charge on any atom is 0.239 e. The van der Waals surface area contributed by atoms with Gasteiger partial charge in [-0.25, -0.2) is 19.4 Å². The highest BCUT2D eigenvalue weighted by molar-refractivity contribution is 8.00. The van der Waals surface area contributed by atoms with Gasteiger partial charge in [0.15, 0.2) is 17.3 Å². The number of para-hydroxylation sites is 1. The van der Waals surface area contributed by atoms with Crippen LogP contribution in [0.2, 0.25) is 0 Å². The van der Waals surface area contributed by atoms with Crippen molar-refractivity contribution in [1.82, 2.24) is 24.7 Å². The first-order valence-electron chi connectivity index (χ1n) is 9.61. The van der Waals surface area contributed by atoms with Gasteiger partial charge in [0.2, 0.25) is 11.8 Å². The lowest BCUT2D eigenvalue weighted by Gasteiger charge is -2.15. The van der Waals surface area contributed by atoms with Crippen molar-refractivity contribution >= 4 is 29.5 Å². The minimum Gasteiger partial charge on any atom is -0.506 e. The average molecular weight is 467 g/mol. The van der Waals surface area contributed by atoms with E-state index in [0.717, 1.165) is 12.4 Å². The molecule has 0 aliphatic carbocycles. The van der Waals surface area contributed by atoms with Gasteiger partial charge in [-0.15, -0.1) is 10.2 Å². The molecule has 2 aromatic heterocycles. The third kappa shape index (κ3) is 4.88. The number of phenols is 1. The number of hydrogen-bond donors (Lipinski definition) is 2. The Labute approximate surface area is 192 Å². The van der Waals surface area contributed by atoms with Crippen molar-refractivity contribution in [2.45, 2.75) is 6.42 Å². The number of nitrogens with one attached hydrogen (secondary N) is 1. The maximum absolute atomic E-state index is 13.0. The second-order valence-electron chi connectivity index (χ2n) is 6.45. The number of anilines is 1. The van der Waals surface area contributed by atoms with E-state index in [4.69, 9.17) is 9.47 Å². The summed E-state index contributed by atoms with van der Waals surface area (Å²) in [6.07, 6.45) is 4.29. The number of aryl methyl sites for hydroxylation is 1. The topological polar surface area (TPSA) is 120 Å². The summed E-state index contributed by atoms with van der Waals surface area (Å²) in [6, 6.07) is 4.89. The van der Waals surface area contributed by atoms with Gasteiger partial charge in [-0.05, 0) is 29.8 Å². The van der Waals surface area contributed by atoms with Gasteiger partial charge in [-0.2, -0.15) is 0 Å². The first kappa shape index (κ1) is 22.1. The normalized spacial score (nSPS) is 12.3. The zero-order valence-corrected chi connectivity index (χ0v) is 18.4. The van der Waals surface area contributed by atoms with E-state index in [1.807, 2.05) is 0 Å². The molecule has 0 saturated heterocycles. The van der Waals surface area contributed by atoms with Crippen molar-refractivity contribution < 1.29 is 19.0 Å². The highest BCUT2D eigenvalue weighted by Crippen LogP contribution is 2.36. The number of halogens is 1. The molecule has 1 aliphatic heterocycles. The average Bonchev–Trinajstić information content (AvgIpc) is 3.26. The Morgan fingerprint density at radius 2 is 2.00 bits per heavy atom. The molecular weight excluding hydrogens is 449 g/mol. The van der Waals surface area contributed by atoms with E-state index in [2.05, 4.69) is 41.3 Å². The minimum absolute atomic E-state index is 0.0463. The summed E-state index contributed by atoms with van der Waals surface area (Å²) in [5, 5.41) is 19.1. The highest BCUT2D eigenvalue weighted by Gasteiger charge is 2.23. The first-order chi connectivity index (χ1) is 16.1. The molecule has 4 rings (SSSR count). The lowest BCUT2D eigenvalue weighted by atomic mass is 10.2. The van der Waals surface area contributed by atoms with Gasteiger partial charge in [0, 0.05) is 12.2 Å². The molecule has 0 saturated carbocycles. The standard InChI is InChI=1S/C21H18FN7O3S/c1-31-16-7-4-6-15(30)19(16)29-20(14-5-3-8-18(25-14)32-2)26-27-21(29)28-33-10-9-17-23-11-13(22)12-24-17/h4,6-8,11-12,30H,9-10H2,1-2H3,(H,27,28). The number of benzene rings is 1. The lowest BCUT2D eigenvalue weighted by molar-refractivity contribution is 0.404. The quantitative estimate of drug-likeness (QED) is 0.293. The second-order valence-corrected chi connectivity index (χ2v) is 7.35. The number of ether oxygens (including phenoxy) is 2. The number of rotatable bonds is 8. The lowest BCUT2D eigenvalue weighted by Crippen LogP contribution is -2.08. The van der Waals surface area contributed by atoms with Crippen LogP contribution >= 0.6 is 11.9 Å². The number of phenolic OH excluding ortho intramolecular Hbond substituents is 1. The largest absolute Gasteiger partial charge is 0.506 e. The van der Waals surface area contributed by atoms with Gasteiger partial charge in [0.05, 0.1) is 32.7 Å². The van der Waals surface area contributed by atoms with Crippen molar-refractivity contribution in [3.8, 4) is 17.2 Å². The van der Waals surface area contributed by atoms with E-state index in [1.165, 1.54) is 38.3 Å². The molecule has 168 valence electrons. The highest BCUT2D eigenvalue weighted by atomic mass is 32.2. The molecule has 0 amide bonds. The van der Waals surface area contributed by atoms with Crippen LogP contribution in [0.5, 0.6) is 11.5 Å². The monoisotopic (exact) mass is 467 g/mol. The Bertz CT molecular complexity index is 1290. The van der Waals surface area contributed by atoms with Crippen LogP contribution in [-0.4, -0.2) is 55.7 Å². The van der Waals surface area contributed by atoms with Gasteiger partial charge in [-0.1, -0.05) is 11.8 Å². The van der Waals surface area contributed by atoms with Crippen molar-refractivity contribution in [1.29, 1.82) is 0 Å². The Balaban J connectivity index is 1.66. The second kappa shape index (κ2) is 10.0. The van der Waals surface area contributed by atoms with Crippen LogP contribution in [0, 0.1) is 5.82 Å². The van der Waals surface area contributed by atoms with Gasteiger partial charge in [0.1, 0.15) is 23.0 Å². The van der Waals surface area contributed by atoms with Crippen molar-refractivity contribution in [2.75, 3.05) is 24.7 Å². The summed E-state index contributed by atoms with van der Waals surface area (Å²) < 4.78 is 28.3. The summed E-state index contributed by atoms with van der Waals surface area (Å²) in [6.45, 7) is 0. The van der Waals surface area contributed by atoms with Gasteiger partial charge >= 0.3 is 0 Å². The van der Waals surface area contributed by atoms with Crippen molar-refractivity contribution in [2.24, 2.45) is 4.99 Å². The Hall–Kier alpha value is -4.11. The fourth-order valence-corrected chi connectivity index (χ4v) is 3.54. The molecule has 33 heavy (non-hydrogen) atoms. The zero-order chi connectivity index (χ0) is 23.2. The molecule has 0 spiro atoms. The Morgan fingerprint density at radius 3 is 2.76 bits per heavy atom. The summed E-state index contributed by atoms with van der Waals surface area (Å²) in [7, 11) is 2.99. The molecule has 0 radical (unpaired) electrons. The predicted octanol–water partition coefficient (Wildman–Crippen LogP) is 2.92. The van der Waals surface area contributed by atoms with E-state index in [1.54, 1.807) is 16.7 Å². The fourth-order valence-electron chi connectivity index (χ4n) is 2.89. The summed E-state index contributed by atoms with van der Waals surface area (Å²) in [5.74, 6) is 1.87. The molecule has 0 bridgehead atoms. The van der Waals surface area contributed by atoms with Gasteiger partial charge in [0.25, 0.3) is 0 Å². The molecule has 0 unspecified atom stereocenters. The molecule has 0 atom stereocenters. The van der Waals surface area contributed by atoms with E-state index in [9.17, 15) is 9.50 Å². The first-order valence-corrected chi connectivity index (χ1v) is 10.6. The van der Waals surface area contributed by atoms with Crippen LogP contribution in [0.1, 0.15) is 11.6 Å². The number of hydrogen-bond acceptors (Lipinski definition) is 10. The van der Waals surface area contributed by atoms with Crippen LogP contribution in [0.4, 0.5) is 10.3 Å². The van der Waals surface area contributed by atoms with E-state index in [-0.39, 0.29) is 11.6 Å². The summed E-state index contributed by atoms with van der Waals surface area (Å²) >= 11 is 1.32. The fraction of sp³-hybridized carbons (Fsp3) is 0.190. The van der Waals surface area contributed by atoms with Crippen molar-refractivity contribution in [3.63, 3.8) is 0 Å². The Morgan fingerprint density at radius 1 is 1.18 bits per heavy atom. The third-order valence-electron chi connectivity index (χ3n) is 4.38. The minimum atomic E-state index is -0.484. The number of aromatic hydroxyl groups is 1. The van der Waals surface area contributed by atoms with Crippen LogP contribution in [0.3, 0.4) is 0 Å². The molecule has 2 N–H and O–H groups in total. The molecule has 1 aliphatic rings. The van der Waals surface area contributed by atoms with Crippen LogP contribution < -0.4 is 9.46 Å². The summed E-state index contributed by atoms with van der Waals surface area (Å²) in [4.78, 5) is 12.2. The smallest absolute Gasteiger partial charge is 0.239 e. The van der Waals surface area contributed by atoms with E-state index < -0.39 is 5.82 Å². The van der Waals surface area contributed by atoms with Crippen LogP contribution in [0.15, 0.2) is 53.1 Å². The molecule has 3 heterocycles. The molecular formula is C21H18FN7O3S. The van der Waals surface area contributed by atoms with Crippen LogP contribution in [-0.2, 0) is 11.2 Å². The van der Waals surface area contributed by atoms with E-state index in [0.29, 0.717) is 47.0 Å². The zero-order valence-electron chi connectivity index (χ0n) is 17.6. The van der Waals surface area contributed by atoms with E-state index >= 15 is 0 Å².